The van der Waals surface area contributed by atoms with Crippen LogP contribution >= 0.6 is 0 Å². The van der Waals surface area contributed by atoms with Crippen molar-refractivity contribution >= 4 is 10.0 Å². The van der Waals surface area contributed by atoms with Gasteiger partial charge in [-0.15, -0.1) is 0 Å². The lowest BCUT2D eigenvalue weighted by molar-refractivity contribution is 0.342. The van der Waals surface area contributed by atoms with Crippen LogP contribution in [0.5, 0.6) is 0 Å². The number of nitrogens with one attached hydrogen (secondary N) is 2. The van der Waals surface area contributed by atoms with Gasteiger partial charge < -0.3 is 14.6 Å². The molecule has 114 valence electrons. The third kappa shape index (κ3) is 4.31. The minimum absolute atomic E-state index is 0.00757. The van der Waals surface area contributed by atoms with E-state index in [0.29, 0.717) is 18.8 Å². The molecule has 0 amide bonds. The van der Waals surface area contributed by atoms with E-state index in [2.05, 4.69) is 14.9 Å². The van der Waals surface area contributed by atoms with E-state index in [-0.39, 0.29) is 5.09 Å². The molecule has 2 heterocycles. The maximum atomic E-state index is 12.0. The molecule has 1 fully saturated rings. The summed E-state index contributed by atoms with van der Waals surface area (Å²) in [6.45, 7) is 6.65. The zero-order valence-corrected chi connectivity index (χ0v) is 12.7. The van der Waals surface area contributed by atoms with Gasteiger partial charge in [-0.05, 0) is 44.6 Å². The van der Waals surface area contributed by atoms with Crippen LogP contribution in [0.4, 0.5) is 0 Å². The largest absolute Gasteiger partial charge is 0.447 e. The van der Waals surface area contributed by atoms with Gasteiger partial charge in [-0.1, -0.05) is 6.92 Å². The van der Waals surface area contributed by atoms with E-state index in [1.807, 2.05) is 6.92 Å². The van der Waals surface area contributed by atoms with Crippen molar-refractivity contribution in [1.29, 1.82) is 0 Å². The summed E-state index contributed by atoms with van der Waals surface area (Å²) in [7, 11) is -3.53. The maximum absolute atomic E-state index is 12.0. The quantitative estimate of drug-likeness (QED) is 0.741. The Balaban J connectivity index is 1.83. The fraction of sp³-hybridized carbons (Fsp3) is 0.692. The number of furan rings is 1. The zero-order valence-electron chi connectivity index (χ0n) is 11.9. The molecule has 6 nitrogen and oxygen atoms in total. The lowest BCUT2D eigenvalue weighted by Crippen LogP contribution is -2.33. The number of hydrogen-bond acceptors (Lipinski definition) is 5. The standard InChI is InChI=1S/C13H23N3O3S/c1-2-14-11-12-5-6-13(19-12)20(17,18)15-7-10-16-8-3-4-9-16/h5-6,14-15H,2-4,7-11H2,1H3. The van der Waals surface area contributed by atoms with Crippen LogP contribution in [0.2, 0.25) is 0 Å². The molecule has 7 heteroatoms. The van der Waals surface area contributed by atoms with Gasteiger partial charge in [-0.2, -0.15) is 0 Å². The highest BCUT2D eigenvalue weighted by Crippen LogP contribution is 2.13. The van der Waals surface area contributed by atoms with Crippen molar-refractivity contribution in [3.05, 3.63) is 17.9 Å². The zero-order chi connectivity index (χ0) is 14.4. The molecule has 1 aliphatic rings. The molecule has 0 spiro atoms. The van der Waals surface area contributed by atoms with Crippen LogP contribution in [0.3, 0.4) is 0 Å². The summed E-state index contributed by atoms with van der Waals surface area (Å²) < 4.78 is 32.0. The molecule has 1 saturated heterocycles. The summed E-state index contributed by atoms with van der Waals surface area (Å²) in [5.41, 5.74) is 0. The lowest BCUT2D eigenvalue weighted by Gasteiger charge is -2.14. The molecule has 0 aliphatic carbocycles. The molecular weight excluding hydrogens is 278 g/mol. The molecule has 0 bridgehead atoms. The number of sulfonamides is 1. The van der Waals surface area contributed by atoms with Gasteiger partial charge in [0.15, 0.2) is 0 Å². The van der Waals surface area contributed by atoms with Crippen molar-refractivity contribution in [1.82, 2.24) is 14.9 Å². The van der Waals surface area contributed by atoms with E-state index in [1.165, 1.54) is 18.9 Å². The SMILES string of the molecule is CCNCc1ccc(S(=O)(=O)NCCN2CCCC2)o1. The molecule has 2 N–H and O–H groups in total. The van der Waals surface area contributed by atoms with Crippen LogP contribution in [0.15, 0.2) is 21.6 Å². The Morgan fingerprint density at radius 1 is 1.30 bits per heavy atom. The first-order chi connectivity index (χ1) is 9.62. The summed E-state index contributed by atoms with van der Waals surface area (Å²) in [6.07, 6.45) is 2.41. The first-order valence-corrected chi connectivity index (χ1v) is 8.61. The van der Waals surface area contributed by atoms with Crippen molar-refractivity contribution in [3.63, 3.8) is 0 Å². The van der Waals surface area contributed by atoms with Gasteiger partial charge in [0.05, 0.1) is 6.54 Å². The van der Waals surface area contributed by atoms with Gasteiger partial charge >= 0.3 is 0 Å². The Hall–Kier alpha value is -0.890. The Labute approximate surface area is 120 Å². The van der Waals surface area contributed by atoms with Crippen LogP contribution in [-0.4, -0.2) is 46.0 Å². The Morgan fingerprint density at radius 3 is 2.75 bits per heavy atom. The monoisotopic (exact) mass is 301 g/mol. The van der Waals surface area contributed by atoms with E-state index >= 15 is 0 Å². The molecule has 2 rings (SSSR count). The third-order valence-corrected chi connectivity index (χ3v) is 4.70. The lowest BCUT2D eigenvalue weighted by atomic mass is 10.4. The summed E-state index contributed by atoms with van der Waals surface area (Å²) >= 11 is 0. The minimum Gasteiger partial charge on any atom is -0.447 e. The molecule has 0 radical (unpaired) electrons. The van der Waals surface area contributed by atoms with Crippen LogP contribution in [0.1, 0.15) is 25.5 Å². The molecule has 1 aliphatic heterocycles. The van der Waals surface area contributed by atoms with Gasteiger partial charge in [0.25, 0.3) is 10.0 Å². The number of rotatable bonds is 8. The fourth-order valence-corrected chi connectivity index (χ4v) is 3.23. The van der Waals surface area contributed by atoms with Crippen molar-refractivity contribution in [2.45, 2.75) is 31.4 Å². The number of nitrogens with zero attached hydrogens (tertiary/aromatic N) is 1. The fourth-order valence-electron chi connectivity index (χ4n) is 2.26. The molecule has 0 aromatic carbocycles. The van der Waals surface area contributed by atoms with Gasteiger partial charge in [-0.3, -0.25) is 0 Å². The van der Waals surface area contributed by atoms with Crippen molar-refractivity contribution in [2.75, 3.05) is 32.7 Å². The van der Waals surface area contributed by atoms with Gasteiger partial charge in [0.2, 0.25) is 5.09 Å². The first-order valence-electron chi connectivity index (χ1n) is 7.13. The molecule has 20 heavy (non-hydrogen) atoms. The average Bonchev–Trinajstić information content (AvgIpc) is 3.07. The molecule has 0 atom stereocenters. The van der Waals surface area contributed by atoms with E-state index in [9.17, 15) is 8.42 Å². The van der Waals surface area contributed by atoms with Crippen molar-refractivity contribution in [2.24, 2.45) is 0 Å². The van der Waals surface area contributed by atoms with Crippen molar-refractivity contribution in [3.8, 4) is 0 Å². The van der Waals surface area contributed by atoms with Crippen LogP contribution in [0.25, 0.3) is 0 Å². The topological polar surface area (TPSA) is 74.6 Å². The second-order valence-corrected chi connectivity index (χ2v) is 6.65. The van der Waals surface area contributed by atoms with E-state index < -0.39 is 10.0 Å². The number of hydrogen-bond donors (Lipinski definition) is 2. The Kier molecular flexibility index (Phi) is 5.59. The summed E-state index contributed by atoms with van der Waals surface area (Å²) in [4.78, 5) is 2.27. The Morgan fingerprint density at radius 2 is 2.05 bits per heavy atom. The molecule has 0 saturated carbocycles. The smallest absolute Gasteiger partial charge is 0.274 e. The van der Waals surface area contributed by atoms with Crippen LogP contribution in [0, 0.1) is 0 Å². The summed E-state index contributed by atoms with van der Waals surface area (Å²) in [5.74, 6) is 0.631. The van der Waals surface area contributed by atoms with Crippen LogP contribution in [-0.2, 0) is 16.6 Å². The molecule has 1 aromatic rings. The van der Waals surface area contributed by atoms with Gasteiger partial charge in [0, 0.05) is 13.1 Å². The second-order valence-electron chi connectivity index (χ2n) is 4.95. The molecular formula is C13H23N3O3S. The normalized spacial score (nSPS) is 16.9. The Bertz CT molecular complexity index is 507. The summed E-state index contributed by atoms with van der Waals surface area (Å²) in [6, 6.07) is 3.20. The molecule has 0 unspecified atom stereocenters. The molecule has 1 aromatic heterocycles. The predicted molar refractivity (Wildman–Crippen MR) is 77.0 cm³/mol. The van der Waals surface area contributed by atoms with Gasteiger partial charge in [0.1, 0.15) is 5.76 Å². The van der Waals surface area contributed by atoms with Crippen molar-refractivity contribution < 1.29 is 12.8 Å². The predicted octanol–water partition coefficient (Wildman–Crippen LogP) is 0.763. The summed E-state index contributed by atoms with van der Waals surface area (Å²) in [5, 5.41) is 3.09. The third-order valence-electron chi connectivity index (χ3n) is 3.37. The van der Waals surface area contributed by atoms with E-state index in [4.69, 9.17) is 4.42 Å². The average molecular weight is 301 g/mol. The highest BCUT2D eigenvalue weighted by atomic mass is 32.2. The first kappa shape index (κ1) is 15.5. The van der Waals surface area contributed by atoms with Gasteiger partial charge in [-0.25, -0.2) is 13.1 Å². The van der Waals surface area contributed by atoms with E-state index in [0.717, 1.165) is 26.2 Å². The second kappa shape index (κ2) is 7.21. The van der Waals surface area contributed by atoms with Crippen LogP contribution < -0.4 is 10.0 Å². The minimum atomic E-state index is -3.53. The highest BCUT2D eigenvalue weighted by Gasteiger charge is 2.19. The van der Waals surface area contributed by atoms with E-state index in [1.54, 1.807) is 6.07 Å². The highest BCUT2D eigenvalue weighted by molar-refractivity contribution is 7.89. The number of likely N-dealkylation sites (tertiary alicyclic amines) is 1. The maximum Gasteiger partial charge on any atom is 0.274 e.